The third kappa shape index (κ3) is 3.10. The number of hydrogen-bond acceptors (Lipinski definition) is 3. The zero-order valence-corrected chi connectivity index (χ0v) is 11.4. The van der Waals surface area contributed by atoms with E-state index in [4.69, 9.17) is 11.5 Å². The molecule has 0 spiro atoms. The number of carboxylic acids is 1. The molecule has 0 bridgehead atoms. The summed E-state index contributed by atoms with van der Waals surface area (Å²) in [6.07, 6.45) is 6.63. The normalized spacial score (nSPS) is 24.4. The second-order valence-electron chi connectivity index (χ2n) is 4.03. The van der Waals surface area contributed by atoms with Crippen molar-refractivity contribution in [3.63, 3.8) is 0 Å². The van der Waals surface area contributed by atoms with Gasteiger partial charge in [0, 0.05) is 5.75 Å². The molecule has 0 aromatic carbocycles. The summed E-state index contributed by atoms with van der Waals surface area (Å²) in [6.45, 7) is 3.80. The van der Waals surface area contributed by atoms with Crippen molar-refractivity contribution in [2.75, 3.05) is 5.75 Å². The van der Waals surface area contributed by atoms with Gasteiger partial charge in [0.1, 0.15) is 6.04 Å². The number of urea groups is 1. The summed E-state index contributed by atoms with van der Waals surface area (Å²) >= 11 is 1.49. The molecule has 3 atom stereocenters. The maximum Gasteiger partial charge on any atom is 0.327 e. The predicted octanol–water partition coefficient (Wildman–Crippen LogP) is 1.35. The maximum absolute atomic E-state index is 12.1. The smallest absolute Gasteiger partial charge is 0.327 e. The van der Waals surface area contributed by atoms with E-state index in [0.717, 1.165) is 0 Å². The molecule has 5 nitrogen and oxygen atoms in total. The first kappa shape index (κ1) is 14.7. The van der Waals surface area contributed by atoms with Gasteiger partial charge in [-0.1, -0.05) is 19.8 Å². The molecule has 0 aliphatic carbocycles. The first-order valence-electron chi connectivity index (χ1n) is 5.94. The summed E-state index contributed by atoms with van der Waals surface area (Å²) in [5.41, 5.74) is 0. The number of amides is 2. The molecule has 1 fully saturated rings. The summed E-state index contributed by atoms with van der Waals surface area (Å²) in [7, 11) is 0. The molecule has 18 heavy (non-hydrogen) atoms. The minimum atomic E-state index is -0.970. The molecule has 3 unspecified atom stereocenters. The number of carbonyl (C=O) groups is 2. The van der Waals surface area contributed by atoms with Crippen molar-refractivity contribution < 1.29 is 14.7 Å². The van der Waals surface area contributed by atoms with Gasteiger partial charge in [0.15, 0.2) is 0 Å². The first-order valence-corrected chi connectivity index (χ1v) is 6.99. The lowest BCUT2D eigenvalue weighted by Gasteiger charge is -2.28. The standard InChI is InChI=1S/C12H18N2O3S/c1-4-8(5-2)13-12(17)14-9(11(15)16)7-18-10(14)6-3/h1,8-10H,5-7H2,2-3H3,(H,13,17)(H,15,16). The lowest BCUT2D eigenvalue weighted by atomic mass is 10.2. The number of nitrogens with zero attached hydrogens (tertiary/aromatic N) is 1. The summed E-state index contributed by atoms with van der Waals surface area (Å²) in [4.78, 5) is 24.6. The van der Waals surface area contributed by atoms with Crippen molar-refractivity contribution >= 4 is 23.8 Å². The molecule has 1 aliphatic heterocycles. The van der Waals surface area contributed by atoms with Crippen molar-refractivity contribution in [2.24, 2.45) is 0 Å². The molecule has 1 heterocycles. The zero-order valence-electron chi connectivity index (χ0n) is 10.5. The molecule has 0 aromatic rings. The second kappa shape index (κ2) is 6.55. The third-order valence-electron chi connectivity index (χ3n) is 2.87. The number of aliphatic carboxylic acids is 1. The monoisotopic (exact) mass is 270 g/mol. The Morgan fingerprint density at radius 2 is 2.28 bits per heavy atom. The highest BCUT2D eigenvalue weighted by molar-refractivity contribution is 8.00. The van der Waals surface area contributed by atoms with Gasteiger partial charge in [-0.25, -0.2) is 9.59 Å². The van der Waals surface area contributed by atoms with Gasteiger partial charge in [-0.3, -0.25) is 4.90 Å². The van der Waals surface area contributed by atoms with Crippen LogP contribution in [0.1, 0.15) is 26.7 Å². The van der Waals surface area contributed by atoms with Crippen LogP contribution in [0, 0.1) is 12.3 Å². The van der Waals surface area contributed by atoms with Crippen LogP contribution in [-0.4, -0.2) is 45.2 Å². The number of carboxylic acid groups (broad SMARTS) is 1. The Kier molecular flexibility index (Phi) is 5.35. The van der Waals surface area contributed by atoms with E-state index in [9.17, 15) is 9.59 Å². The number of hydrogen-bond donors (Lipinski definition) is 2. The van der Waals surface area contributed by atoms with Gasteiger partial charge < -0.3 is 10.4 Å². The molecule has 6 heteroatoms. The summed E-state index contributed by atoms with van der Waals surface area (Å²) in [5.74, 6) is 1.92. The van der Waals surface area contributed by atoms with Crippen molar-refractivity contribution in [1.29, 1.82) is 0 Å². The van der Waals surface area contributed by atoms with Crippen LogP contribution in [0.4, 0.5) is 4.79 Å². The average molecular weight is 270 g/mol. The second-order valence-corrected chi connectivity index (χ2v) is 5.25. The number of rotatable bonds is 4. The fourth-order valence-electron chi connectivity index (χ4n) is 1.83. The topological polar surface area (TPSA) is 69.6 Å². The van der Waals surface area contributed by atoms with Crippen LogP contribution in [0.15, 0.2) is 0 Å². The van der Waals surface area contributed by atoms with Crippen LogP contribution >= 0.6 is 11.8 Å². The molecule has 0 saturated carbocycles. The average Bonchev–Trinajstić information content (AvgIpc) is 2.79. The van der Waals surface area contributed by atoms with Crippen LogP contribution in [0.5, 0.6) is 0 Å². The van der Waals surface area contributed by atoms with E-state index < -0.39 is 12.0 Å². The Bertz CT molecular complexity index is 367. The van der Waals surface area contributed by atoms with Crippen molar-refractivity contribution in [3.8, 4) is 12.3 Å². The molecule has 2 N–H and O–H groups in total. The Labute approximate surface area is 111 Å². The van der Waals surface area contributed by atoms with E-state index >= 15 is 0 Å². The van der Waals surface area contributed by atoms with Crippen LogP contribution in [0.25, 0.3) is 0 Å². The minimum Gasteiger partial charge on any atom is -0.480 e. The Balaban J connectivity index is 2.79. The molecule has 0 radical (unpaired) electrons. The van der Waals surface area contributed by atoms with Gasteiger partial charge in [-0.2, -0.15) is 0 Å². The van der Waals surface area contributed by atoms with Gasteiger partial charge >= 0.3 is 12.0 Å². The fraction of sp³-hybridized carbons (Fsp3) is 0.667. The molecule has 100 valence electrons. The van der Waals surface area contributed by atoms with E-state index in [1.165, 1.54) is 16.7 Å². The first-order chi connectivity index (χ1) is 8.54. The van der Waals surface area contributed by atoms with Gasteiger partial charge in [0.05, 0.1) is 11.4 Å². The van der Waals surface area contributed by atoms with E-state index in [2.05, 4.69) is 11.2 Å². The highest BCUT2D eigenvalue weighted by Gasteiger charge is 2.41. The Morgan fingerprint density at radius 3 is 2.72 bits per heavy atom. The Morgan fingerprint density at radius 1 is 1.61 bits per heavy atom. The molecule has 2 amide bonds. The van der Waals surface area contributed by atoms with Crippen LogP contribution < -0.4 is 5.32 Å². The molecular weight excluding hydrogens is 252 g/mol. The van der Waals surface area contributed by atoms with Gasteiger partial charge in [0.25, 0.3) is 0 Å². The van der Waals surface area contributed by atoms with Crippen molar-refractivity contribution in [3.05, 3.63) is 0 Å². The van der Waals surface area contributed by atoms with E-state index in [1.54, 1.807) is 0 Å². The SMILES string of the molecule is C#CC(CC)NC(=O)N1C(CC)SCC1C(=O)O. The summed E-state index contributed by atoms with van der Waals surface area (Å²) < 4.78 is 0. The van der Waals surface area contributed by atoms with Crippen LogP contribution in [0.3, 0.4) is 0 Å². The van der Waals surface area contributed by atoms with E-state index in [1.807, 2.05) is 13.8 Å². The largest absolute Gasteiger partial charge is 0.480 e. The minimum absolute atomic E-state index is 0.0959. The summed E-state index contributed by atoms with van der Waals surface area (Å²) in [6, 6.07) is -1.51. The van der Waals surface area contributed by atoms with Gasteiger partial charge in [0.2, 0.25) is 0 Å². The number of thioether (sulfide) groups is 1. The zero-order chi connectivity index (χ0) is 13.7. The molecule has 1 saturated heterocycles. The third-order valence-corrected chi connectivity index (χ3v) is 4.32. The van der Waals surface area contributed by atoms with E-state index in [-0.39, 0.29) is 17.4 Å². The van der Waals surface area contributed by atoms with Gasteiger partial charge in [-0.05, 0) is 12.8 Å². The number of nitrogens with one attached hydrogen (secondary N) is 1. The highest BCUT2D eigenvalue weighted by atomic mass is 32.2. The van der Waals surface area contributed by atoms with Gasteiger partial charge in [-0.15, -0.1) is 18.2 Å². The Hall–Kier alpha value is -1.35. The van der Waals surface area contributed by atoms with Crippen LogP contribution in [0.2, 0.25) is 0 Å². The fourth-order valence-corrected chi connectivity index (χ4v) is 3.17. The lowest BCUT2D eigenvalue weighted by molar-refractivity contribution is -0.141. The maximum atomic E-state index is 12.1. The van der Waals surface area contributed by atoms with E-state index in [0.29, 0.717) is 18.6 Å². The lowest BCUT2D eigenvalue weighted by Crippen LogP contribution is -2.52. The summed E-state index contributed by atoms with van der Waals surface area (Å²) in [5, 5.41) is 11.7. The number of terminal acetylenes is 1. The molecule has 1 rings (SSSR count). The van der Waals surface area contributed by atoms with Crippen molar-refractivity contribution in [2.45, 2.75) is 44.1 Å². The highest BCUT2D eigenvalue weighted by Crippen LogP contribution is 2.31. The molecule has 1 aliphatic rings. The predicted molar refractivity (Wildman–Crippen MR) is 71.2 cm³/mol. The molecular formula is C12H18N2O3S. The number of carbonyl (C=O) groups excluding carboxylic acids is 1. The van der Waals surface area contributed by atoms with Crippen LogP contribution in [-0.2, 0) is 4.79 Å². The quantitative estimate of drug-likeness (QED) is 0.757. The van der Waals surface area contributed by atoms with Crippen molar-refractivity contribution in [1.82, 2.24) is 10.2 Å². The molecule has 0 aromatic heterocycles.